The number of carbonyl (C=O) groups excluding carboxylic acids is 1. The maximum atomic E-state index is 13.6. The van der Waals surface area contributed by atoms with Crippen LogP contribution in [0.1, 0.15) is 37.9 Å². The zero-order valence-corrected chi connectivity index (χ0v) is 14.6. The number of hydrogen-bond donors (Lipinski definition) is 1. The minimum atomic E-state index is -0.712. The fourth-order valence-electron chi connectivity index (χ4n) is 2.62. The first-order valence-electron chi connectivity index (χ1n) is 7.86. The number of nitrogens with one attached hydrogen (secondary N) is 1. The number of hydrogen-bond acceptors (Lipinski definition) is 4. The molecule has 8 heteroatoms. The highest BCUT2D eigenvalue weighted by Crippen LogP contribution is 2.33. The van der Waals surface area contributed by atoms with Crippen LogP contribution in [0.3, 0.4) is 0 Å². The number of halogens is 2. The molecule has 2 aromatic rings. The van der Waals surface area contributed by atoms with E-state index in [1.165, 1.54) is 22.4 Å². The Balaban J connectivity index is 1.77. The molecule has 25 heavy (non-hydrogen) atoms. The first-order valence-corrected chi connectivity index (χ1v) is 8.85. The number of benzene rings is 1. The van der Waals surface area contributed by atoms with Gasteiger partial charge in [-0.1, -0.05) is 25.6 Å². The first kappa shape index (κ1) is 17.6. The average Bonchev–Trinajstić information content (AvgIpc) is 2.94. The van der Waals surface area contributed by atoms with Crippen LogP contribution in [0.25, 0.3) is 0 Å². The number of rotatable bonds is 4. The van der Waals surface area contributed by atoms with Crippen molar-refractivity contribution in [2.75, 3.05) is 11.1 Å². The number of aromatic nitrogens is 2. The van der Waals surface area contributed by atoms with Crippen molar-refractivity contribution in [3.05, 3.63) is 51.9 Å². The van der Waals surface area contributed by atoms with E-state index in [9.17, 15) is 18.4 Å². The molecule has 5 nitrogen and oxygen atoms in total. The Kier molecular flexibility index (Phi) is 4.89. The number of fused-ring (bicyclic) bond motifs is 1. The van der Waals surface area contributed by atoms with Crippen LogP contribution < -0.4 is 10.9 Å². The van der Waals surface area contributed by atoms with Crippen molar-refractivity contribution in [2.45, 2.75) is 37.4 Å². The summed E-state index contributed by atoms with van der Waals surface area (Å²) in [7, 11) is 0. The monoisotopic (exact) mass is 365 g/mol. The third kappa shape index (κ3) is 3.73. The molecule has 1 aliphatic rings. The lowest BCUT2D eigenvalue weighted by Gasteiger charge is -2.14. The van der Waals surface area contributed by atoms with E-state index < -0.39 is 17.5 Å². The molecule has 0 saturated carbocycles. The third-order valence-corrected chi connectivity index (χ3v) is 5.02. The van der Waals surface area contributed by atoms with Gasteiger partial charge in [0.15, 0.2) is 5.16 Å². The van der Waals surface area contributed by atoms with Crippen molar-refractivity contribution in [3.63, 3.8) is 0 Å². The molecule has 0 bridgehead atoms. The van der Waals surface area contributed by atoms with Crippen molar-refractivity contribution in [1.29, 1.82) is 0 Å². The summed E-state index contributed by atoms with van der Waals surface area (Å²) in [6, 6.07) is 3.97. The zero-order chi connectivity index (χ0) is 18.1. The highest BCUT2D eigenvalue weighted by atomic mass is 32.2. The molecule has 3 rings (SSSR count). The van der Waals surface area contributed by atoms with E-state index in [2.05, 4.69) is 10.3 Å². The summed E-state index contributed by atoms with van der Waals surface area (Å²) in [6.07, 6.45) is -0.0153. The molecule has 132 valence electrons. The molecule has 1 amide bonds. The molecular formula is C17H17F2N3O2S. The normalized spacial score (nSPS) is 16.1. The summed E-state index contributed by atoms with van der Waals surface area (Å²) < 4.78 is 28.3. The van der Waals surface area contributed by atoms with Crippen LogP contribution in [0.15, 0.2) is 34.2 Å². The molecule has 1 aromatic carbocycles. The molecule has 0 saturated heterocycles. The molecule has 0 aliphatic carbocycles. The van der Waals surface area contributed by atoms with Crippen molar-refractivity contribution < 1.29 is 13.6 Å². The summed E-state index contributed by atoms with van der Waals surface area (Å²) in [5.74, 6) is -1.17. The van der Waals surface area contributed by atoms with Gasteiger partial charge in [-0.15, -0.1) is 0 Å². The fraction of sp³-hybridized carbons (Fsp3) is 0.353. The van der Waals surface area contributed by atoms with Gasteiger partial charge in [-0.3, -0.25) is 14.2 Å². The second kappa shape index (κ2) is 6.95. The molecule has 1 atom stereocenters. The Bertz CT molecular complexity index is 883. The second-order valence-electron chi connectivity index (χ2n) is 6.17. The molecule has 1 N–H and O–H groups in total. The van der Waals surface area contributed by atoms with Gasteiger partial charge >= 0.3 is 0 Å². The molecule has 1 aliphatic heterocycles. The van der Waals surface area contributed by atoms with E-state index in [4.69, 9.17) is 0 Å². The summed E-state index contributed by atoms with van der Waals surface area (Å²) in [5.41, 5.74) is 0.306. The number of nitrogens with zero attached hydrogens (tertiary/aromatic N) is 2. The van der Waals surface area contributed by atoms with Crippen molar-refractivity contribution in [2.24, 2.45) is 0 Å². The highest BCUT2D eigenvalue weighted by Gasteiger charge is 2.28. The topological polar surface area (TPSA) is 64.0 Å². The van der Waals surface area contributed by atoms with Crippen molar-refractivity contribution in [1.82, 2.24) is 9.55 Å². The first-order chi connectivity index (χ1) is 11.8. The number of carbonyl (C=O) groups is 1. The quantitative estimate of drug-likeness (QED) is 0.845. The van der Waals surface area contributed by atoms with Gasteiger partial charge in [0, 0.05) is 24.3 Å². The molecule has 0 radical (unpaired) electrons. The predicted molar refractivity (Wildman–Crippen MR) is 92.0 cm³/mol. The maximum absolute atomic E-state index is 13.6. The van der Waals surface area contributed by atoms with E-state index >= 15 is 0 Å². The zero-order valence-electron chi connectivity index (χ0n) is 13.8. The van der Waals surface area contributed by atoms with E-state index in [0.29, 0.717) is 10.9 Å². The summed E-state index contributed by atoms with van der Waals surface area (Å²) in [6.45, 7) is 3.91. The standard InChI is InChI=1S/C17H17F2N3O2S/c1-9(2)13-7-16(24)22-11(8-25-17(22)21-13)6-15(23)20-14-5-10(18)3-4-12(14)19/h3-5,7,9,11H,6,8H2,1-2H3,(H,20,23). The lowest BCUT2D eigenvalue weighted by molar-refractivity contribution is -0.116. The molecule has 1 unspecified atom stereocenters. The van der Waals surface area contributed by atoms with Crippen LogP contribution in [-0.2, 0) is 4.79 Å². The van der Waals surface area contributed by atoms with E-state index in [0.717, 1.165) is 23.9 Å². The Hall–Kier alpha value is -2.22. The van der Waals surface area contributed by atoms with Crippen molar-refractivity contribution in [3.8, 4) is 0 Å². The third-order valence-electron chi connectivity index (χ3n) is 3.92. The van der Waals surface area contributed by atoms with Crippen LogP contribution in [0.4, 0.5) is 14.5 Å². The summed E-state index contributed by atoms with van der Waals surface area (Å²) in [4.78, 5) is 29.0. The predicted octanol–water partition coefficient (Wildman–Crippen LogP) is 3.32. The van der Waals surface area contributed by atoms with E-state index in [1.807, 2.05) is 13.8 Å². The Labute approximate surface area is 147 Å². The second-order valence-corrected chi connectivity index (χ2v) is 7.15. The van der Waals surface area contributed by atoms with Gasteiger partial charge in [0.05, 0.1) is 17.4 Å². The average molecular weight is 365 g/mol. The minimum absolute atomic E-state index is 0.0153. The smallest absolute Gasteiger partial charge is 0.254 e. The Morgan fingerprint density at radius 1 is 1.40 bits per heavy atom. The highest BCUT2D eigenvalue weighted by molar-refractivity contribution is 7.99. The summed E-state index contributed by atoms with van der Waals surface area (Å²) >= 11 is 1.41. The van der Waals surface area contributed by atoms with Crippen LogP contribution in [0, 0.1) is 11.6 Å². The number of thioether (sulfide) groups is 1. The van der Waals surface area contributed by atoms with Crippen LogP contribution in [-0.4, -0.2) is 21.2 Å². The number of anilines is 1. The van der Waals surface area contributed by atoms with Crippen LogP contribution >= 0.6 is 11.8 Å². The van der Waals surface area contributed by atoms with Gasteiger partial charge in [-0.25, -0.2) is 13.8 Å². The maximum Gasteiger partial charge on any atom is 0.254 e. The van der Waals surface area contributed by atoms with Gasteiger partial charge in [-0.2, -0.15) is 0 Å². The fourth-order valence-corrected chi connectivity index (χ4v) is 3.78. The van der Waals surface area contributed by atoms with Crippen LogP contribution in [0.2, 0.25) is 0 Å². The summed E-state index contributed by atoms with van der Waals surface area (Å²) in [5, 5.41) is 2.95. The lowest BCUT2D eigenvalue weighted by atomic mass is 10.1. The van der Waals surface area contributed by atoms with Gasteiger partial charge in [-0.05, 0) is 18.1 Å². The largest absolute Gasteiger partial charge is 0.323 e. The van der Waals surface area contributed by atoms with E-state index in [-0.39, 0.29) is 29.6 Å². The lowest BCUT2D eigenvalue weighted by Crippen LogP contribution is -2.28. The van der Waals surface area contributed by atoms with Crippen LogP contribution in [0.5, 0.6) is 0 Å². The Morgan fingerprint density at radius 3 is 2.88 bits per heavy atom. The van der Waals surface area contributed by atoms with Crippen molar-refractivity contribution >= 4 is 23.4 Å². The van der Waals surface area contributed by atoms with Gasteiger partial charge in [0.25, 0.3) is 5.56 Å². The van der Waals surface area contributed by atoms with E-state index in [1.54, 1.807) is 0 Å². The molecule has 1 aromatic heterocycles. The molecular weight excluding hydrogens is 348 g/mol. The molecule has 0 fully saturated rings. The van der Waals surface area contributed by atoms with Gasteiger partial charge < -0.3 is 5.32 Å². The minimum Gasteiger partial charge on any atom is -0.323 e. The Morgan fingerprint density at radius 2 is 2.16 bits per heavy atom. The SMILES string of the molecule is CC(C)c1cc(=O)n2c(n1)SCC2CC(=O)Nc1cc(F)ccc1F. The molecule has 2 heterocycles. The van der Waals surface area contributed by atoms with Gasteiger partial charge in [0.1, 0.15) is 11.6 Å². The number of amides is 1. The van der Waals surface area contributed by atoms with Gasteiger partial charge in [0.2, 0.25) is 5.91 Å². The molecule has 0 spiro atoms.